The molecule has 2 aliphatic carbocycles. The van der Waals surface area contributed by atoms with E-state index in [-0.39, 0.29) is 89.1 Å². The lowest BCUT2D eigenvalue weighted by atomic mass is 10.3. The molecule has 2 heterocycles. The van der Waals surface area contributed by atoms with Crippen molar-refractivity contribution >= 4 is 129 Å². The monoisotopic (exact) mass is 1540 g/mol. The third kappa shape index (κ3) is 17.7. The molecule has 2 amide bonds. The summed E-state index contributed by atoms with van der Waals surface area (Å²) in [7, 11) is -7.89. The van der Waals surface area contributed by atoms with Gasteiger partial charge in [0.25, 0.3) is 36.8 Å². The summed E-state index contributed by atoms with van der Waals surface area (Å²) in [6, 6.07) is 10.7. The van der Waals surface area contributed by atoms with Crippen LogP contribution in [0.3, 0.4) is 0 Å². The Kier molecular flexibility index (Phi) is 23.2. The molecule has 2 aromatic heterocycles. The summed E-state index contributed by atoms with van der Waals surface area (Å²) in [6.07, 6.45) is -12.1. The van der Waals surface area contributed by atoms with Crippen LogP contribution in [0.5, 0.6) is 34.5 Å². The first kappa shape index (κ1) is 70.3. The third-order valence-corrected chi connectivity index (χ3v) is 15.8. The van der Waals surface area contributed by atoms with Crippen LogP contribution in [0.4, 0.5) is 35.1 Å². The summed E-state index contributed by atoms with van der Waals surface area (Å²) in [5, 5.41) is 19.7. The summed E-state index contributed by atoms with van der Waals surface area (Å²) in [5.41, 5.74) is -11.2. The van der Waals surface area contributed by atoms with Crippen LogP contribution in [0.15, 0.2) is 89.6 Å². The number of carbonyl (C=O) groups is 2. The molecule has 0 atom stereocenters. The number of aromatic nitrogens is 6. The van der Waals surface area contributed by atoms with Gasteiger partial charge in [0, 0.05) is 12.1 Å². The number of methoxy groups -OCH3 is 1. The van der Waals surface area contributed by atoms with Gasteiger partial charge in [-0.25, -0.2) is 61.5 Å². The lowest BCUT2D eigenvalue weighted by molar-refractivity contribution is -0.125. The van der Waals surface area contributed by atoms with Crippen LogP contribution in [-0.2, 0) is 29.6 Å². The molecule has 2 fully saturated rings. The number of halogens is 15. The van der Waals surface area contributed by atoms with E-state index in [1.807, 2.05) is 10.6 Å². The zero-order valence-corrected chi connectivity index (χ0v) is 52.3. The largest absolute Gasteiger partial charge is 0.507 e. The van der Waals surface area contributed by atoms with Crippen molar-refractivity contribution in [3.8, 4) is 45.9 Å². The Morgan fingerprint density at radius 1 is 0.632 bits per heavy atom. The number of H-pyrrole nitrogens is 2. The highest BCUT2D eigenvalue weighted by Gasteiger charge is 2.54. The predicted octanol–water partition coefficient (Wildman–Crippen LogP) is 8.17. The molecule has 2 saturated carbocycles. The summed E-state index contributed by atoms with van der Waals surface area (Å²) in [6.45, 7) is -1.92. The molecule has 0 unspecified atom stereocenters. The number of hydrogen-bond donors (Lipinski definition) is 7. The topological polar surface area (TPSA) is 334 Å². The molecule has 8 rings (SSSR count). The van der Waals surface area contributed by atoms with Crippen LogP contribution in [-0.4, -0.2) is 111 Å². The highest BCUT2D eigenvalue weighted by molar-refractivity contribution is 9.69. The summed E-state index contributed by atoms with van der Waals surface area (Å²) in [4.78, 5) is 74.3. The van der Waals surface area contributed by atoms with Gasteiger partial charge in [0.2, 0.25) is 31.9 Å². The van der Waals surface area contributed by atoms with Gasteiger partial charge in [0.1, 0.15) is 43.9 Å². The molecule has 7 N–H and O–H groups in total. The van der Waals surface area contributed by atoms with Crippen LogP contribution in [0.2, 0.25) is 20.1 Å². The fourth-order valence-corrected chi connectivity index (χ4v) is 11.5. The Labute approximate surface area is 527 Å². The Bertz CT molecular complexity index is 4050. The van der Waals surface area contributed by atoms with Gasteiger partial charge >= 0.3 is 14.6 Å². The minimum Gasteiger partial charge on any atom is -0.507 e. The van der Waals surface area contributed by atoms with Gasteiger partial charge in [-0.2, -0.15) is 29.0 Å². The van der Waals surface area contributed by atoms with E-state index in [0.29, 0.717) is 9.36 Å². The maximum Gasteiger partial charge on any atom is 0.369 e. The number of phenols is 1. The van der Waals surface area contributed by atoms with Crippen LogP contribution >= 0.6 is 93.7 Å². The van der Waals surface area contributed by atoms with Gasteiger partial charge in [-0.15, -0.1) is 47.3 Å². The highest BCUT2D eigenvalue weighted by Crippen LogP contribution is 2.44. The van der Waals surface area contributed by atoms with E-state index < -0.39 is 131 Å². The molecule has 0 bridgehead atoms. The van der Waals surface area contributed by atoms with E-state index in [0.717, 1.165) is 48.5 Å². The lowest BCUT2D eigenvalue weighted by Gasteiger charge is -2.19. The minimum atomic E-state index is -4.60. The zero-order valence-electron chi connectivity index (χ0n) is 42.9. The van der Waals surface area contributed by atoms with Gasteiger partial charge in [0.15, 0.2) is 22.9 Å². The molecular weight excluding hydrogens is 1510 g/mol. The molecule has 470 valence electrons. The molecule has 2 aliphatic rings. The Morgan fingerprint density at radius 3 is 1.31 bits per heavy atom. The number of amides is 2. The highest BCUT2D eigenvalue weighted by atomic mass is 79.9. The Balaban J connectivity index is 0.000000262. The van der Waals surface area contributed by atoms with Gasteiger partial charge < -0.3 is 30.0 Å². The predicted molar refractivity (Wildman–Crippen MR) is 307 cm³/mol. The number of sulfonamides is 2. The van der Waals surface area contributed by atoms with Crippen molar-refractivity contribution in [3.63, 3.8) is 0 Å². The number of carbonyl (C=O) groups excluding carboxylic acids is 2. The van der Waals surface area contributed by atoms with Gasteiger partial charge in [-0.3, -0.25) is 29.1 Å². The second-order valence-corrected chi connectivity index (χ2v) is 29.0. The standard InChI is InChI=1S/C23H19Cl2F4N5O7S.C22H17Cl2F4N5O7S.BBr3/c1-40-14-3-2-11(8-15(14)42(38,39)33-23(4-5-23)21(36)30-9-16(26)27)41-18-12(24)6-10(7-13(18)25)34-22(37)31-20(35)17(32-34)19(28)29;23-11-5-9(33-21(37)30-19(35)16(31-33)18(27)28)6-12(24)17(11)40-10-1-2-13(34)14(7-10)41(38,39)32-22(3-4-22)20(36)29-8-15(25)26;2-1(3)4/h2-3,6-8,16,19,33H,4-5,9H2,1H3,(H,30,36)(H,31,35,37);1-2,5-7,15,18,32,34H,3-4,8H2,(H,29,36)(H,30,35,37);. The number of aromatic amines is 2. The van der Waals surface area contributed by atoms with Gasteiger partial charge in [0.05, 0.1) is 51.7 Å². The maximum atomic E-state index is 13.2. The van der Waals surface area contributed by atoms with E-state index >= 15 is 0 Å². The SMILES string of the molecule is BrB(Br)Br.COc1ccc(Oc2c(Cl)cc(-n3nc(C(F)F)c(=O)[nH]c3=O)cc2Cl)cc1S(=O)(=O)NC1(C(=O)NCC(F)F)CC1.O=C(NCC(F)F)C1(NS(=O)(=O)c2cc(Oc3c(Cl)cc(-n4nc(C(F)F)c(=O)[nH]c4=O)cc3Cl)ccc2O)CC1. The maximum absolute atomic E-state index is 13.2. The molecule has 24 nitrogen and oxygen atoms in total. The second kappa shape index (κ2) is 28.8. The van der Waals surface area contributed by atoms with Gasteiger partial charge in [-0.1, -0.05) is 46.4 Å². The molecular formula is C45H36BBr3Cl4F8N10O14S2. The van der Waals surface area contributed by atoms with Crippen molar-refractivity contribution in [3.05, 3.63) is 134 Å². The molecule has 6 aromatic rings. The molecule has 4 aromatic carbocycles. The number of hydrogen-bond acceptors (Lipinski definition) is 16. The van der Waals surface area contributed by atoms with E-state index in [1.54, 1.807) is 9.97 Å². The number of alkyl halides is 8. The average molecular weight is 1550 g/mol. The molecule has 87 heavy (non-hydrogen) atoms. The summed E-state index contributed by atoms with van der Waals surface area (Å²) < 4.78 is 177. The van der Waals surface area contributed by atoms with Crippen LogP contribution in [0.1, 0.15) is 49.9 Å². The number of phenolic OH excluding ortho intramolecular Hbond substituents is 1. The molecule has 42 heteroatoms. The number of benzene rings is 4. The number of aromatic hydroxyl groups is 1. The number of nitrogens with zero attached hydrogens (tertiary/aromatic N) is 4. The fraction of sp³-hybridized carbons (Fsp3) is 0.289. The van der Waals surface area contributed by atoms with Crippen molar-refractivity contribution in [2.75, 3.05) is 20.2 Å². The summed E-state index contributed by atoms with van der Waals surface area (Å²) in [5.74, 6) is -3.64. The Hall–Kier alpha value is -5.84. The molecule has 0 radical (unpaired) electrons. The van der Waals surface area contributed by atoms with Crippen molar-refractivity contribution in [1.82, 2.24) is 49.6 Å². The third-order valence-electron chi connectivity index (χ3n) is 11.5. The smallest absolute Gasteiger partial charge is 0.369 e. The average Bonchev–Trinajstić information content (AvgIpc) is 1.75. The van der Waals surface area contributed by atoms with Crippen LogP contribution < -0.4 is 56.8 Å². The molecule has 0 aliphatic heterocycles. The van der Waals surface area contributed by atoms with Crippen molar-refractivity contribution in [2.45, 2.75) is 72.3 Å². The lowest BCUT2D eigenvalue weighted by Crippen LogP contribution is -2.49. The molecule has 0 spiro atoms. The van der Waals surface area contributed by atoms with E-state index in [4.69, 9.17) is 60.6 Å². The van der Waals surface area contributed by atoms with Gasteiger partial charge in [-0.05, 0) is 74.2 Å². The zero-order chi connectivity index (χ0) is 64.8. The van der Waals surface area contributed by atoms with Crippen molar-refractivity contribution < 1.29 is 80.9 Å². The van der Waals surface area contributed by atoms with Crippen molar-refractivity contribution in [1.29, 1.82) is 0 Å². The quantitative estimate of drug-likeness (QED) is 0.0264. The Morgan fingerprint density at radius 2 is 0.977 bits per heavy atom. The number of nitrogens with one attached hydrogen (secondary N) is 6. The first-order valence-corrected chi connectivity index (χ1v) is 30.8. The molecule has 0 saturated heterocycles. The first-order valence-electron chi connectivity index (χ1n) is 23.6. The normalized spacial score (nSPS) is 13.9. The first-order chi connectivity index (χ1) is 40.5. The number of rotatable bonds is 21. The van der Waals surface area contributed by atoms with Crippen LogP contribution in [0.25, 0.3) is 11.4 Å². The van der Waals surface area contributed by atoms with Crippen LogP contribution in [0, 0.1) is 0 Å². The minimum absolute atomic E-state index is 0.0296. The van der Waals surface area contributed by atoms with E-state index in [9.17, 15) is 85.8 Å². The number of ether oxygens (including phenoxy) is 3. The fourth-order valence-electron chi connectivity index (χ4n) is 7.24. The van der Waals surface area contributed by atoms with E-state index in [2.05, 4.69) is 66.9 Å². The van der Waals surface area contributed by atoms with E-state index in [1.165, 1.54) is 19.2 Å². The summed E-state index contributed by atoms with van der Waals surface area (Å²) >= 11 is 34.3. The van der Waals surface area contributed by atoms with Crippen molar-refractivity contribution in [2.24, 2.45) is 0 Å². The second-order valence-electron chi connectivity index (χ2n) is 17.7.